The Kier molecular flexibility index (Phi) is 4.69. The summed E-state index contributed by atoms with van der Waals surface area (Å²) in [4.78, 5) is 2.20. The molecule has 68 valence electrons. The molecule has 1 unspecified atom stereocenters. The molecule has 0 aromatic rings. The van der Waals surface area contributed by atoms with Gasteiger partial charge in [-0.2, -0.15) is 0 Å². The lowest BCUT2D eigenvalue weighted by Gasteiger charge is -2.23. The molecule has 0 rings (SSSR count). The van der Waals surface area contributed by atoms with Crippen LogP contribution in [0.25, 0.3) is 0 Å². The fourth-order valence-corrected chi connectivity index (χ4v) is 0.976. The molecule has 1 atom stereocenters. The minimum Gasteiger partial charge on any atom is -0.325 e. The van der Waals surface area contributed by atoms with Crippen molar-refractivity contribution in [1.29, 1.82) is 0 Å². The quantitative estimate of drug-likeness (QED) is 0.656. The monoisotopic (exact) mass is 158 g/mol. The van der Waals surface area contributed by atoms with E-state index in [4.69, 9.17) is 5.73 Å². The van der Waals surface area contributed by atoms with Crippen LogP contribution >= 0.6 is 0 Å². The first-order valence-corrected chi connectivity index (χ1v) is 4.41. The van der Waals surface area contributed by atoms with E-state index in [1.54, 1.807) is 0 Å². The highest BCUT2D eigenvalue weighted by atomic mass is 15.0. The van der Waals surface area contributed by atoms with E-state index in [1.807, 2.05) is 0 Å². The molecule has 0 spiro atoms. The average molecular weight is 158 g/mol. The van der Waals surface area contributed by atoms with Gasteiger partial charge in [0, 0.05) is 5.54 Å². The third-order valence-corrected chi connectivity index (χ3v) is 2.16. The Labute approximate surface area is 70.8 Å². The van der Waals surface area contributed by atoms with E-state index >= 15 is 0 Å². The largest absolute Gasteiger partial charge is 0.325 e. The van der Waals surface area contributed by atoms with Gasteiger partial charge in [0.25, 0.3) is 0 Å². The zero-order chi connectivity index (χ0) is 8.91. The van der Waals surface area contributed by atoms with Gasteiger partial charge in [-0.3, -0.25) is 0 Å². The fraction of sp³-hybridized carbons (Fsp3) is 1.00. The molecule has 0 bridgehead atoms. The zero-order valence-corrected chi connectivity index (χ0v) is 8.35. The maximum Gasteiger partial charge on any atom is 0.0123 e. The number of rotatable bonds is 5. The second kappa shape index (κ2) is 4.73. The van der Waals surface area contributed by atoms with E-state index in [0.717, 1.165) is 19.4 Å². The number of nitrogens with zero attached hydrogens (tertiary/aromatic N) is 1. The number of hydrogen-bond acceptors (Lipinski definition) is 2. The van der Waals surface area contributed by atoms with Crippen molar-refractivity contribution in [3.63, 3.8) is 0 Å². The lowest BCUT2D eigenvalue weighted by atomic mass is 9.94. The van der Waals surface area contributed by atoms with Gasteiger partial charge < -0.3 is 10.6 Å². The van der Waals surface area contributed by atoms with Crippen LogP contribution in [0.4, 0.5) is 0 Å². The first kappa shape index (κ1) is 10.9. The van der Waals surface area contributed by atoms with Crippen LogP contribution in [-0.2, 0) is 0 Å². The highest BCUT2D eigenvalue weighted by Gasteiger charge is 2.14. The predicted octanol–water partition coefficient (Wildman–Crippen LogP) is 1.46. The highest BCUT2D eigenvalue weighted by molar-refractivity contribution is 4.76. The molecule has 0 aliphatic rings. The average Bonchev–Trinajstić information content (AvgIpc) is 1.87. The Morgan fingerprint density at radius 3 is 2.27 bits per heavy atom. The van der Waals surface area contributed by atoms with Gasteiger partial charge >= 0.3 is 0 Å². The van der Waals surface area contributed by atoms with Gasteiger partial charge in [-0.15, -0.1) is 0 Å². The maximum atomic E-state index is 5.98. The van der Waals surface area contributed by atoms with E-state index < -0.39 is 0 Å². The van der Waals surface area contributed by atoms with E-state index in [1.165, 1.54) is 6.42 Å². The molecule has 0 saturated heterocycles. The second-order valence-electron chi connectivity index (χ2n) is 3.91. The van der Waals surface area contributed by atoms with E-state index in [0.29, 0.717) is 0 Å². The molecule has 0 aliphatic carbocycles. The molecule has 0 amide bonds. The molecular formula is C9H22N2. The predicted molar refractivity (Wildman–Crippen MR) is 50.7 cm³/mol. The molecule has 0 heterocycles. The summed E-state index contributed by atoms with van der Waals surface area (Å²) in [5.41, 5.74) is 6.04. The van der Waals surface area contributed by atoms with Gasteiger partial charge in [-0.1, -0.05) is 6.92 Å². The van der Waals surface area contributed by atoms with E-state index in [-0.39, 0.29) is 5.54 Å². The molecule has 0 aromatic carbocycles. The van der Waals surface area contributed by atoms with Crippen molar-refractivity contribution in [1.82, 2.24) is 4.90 Å². The summed E-state index contributed by atoms with van der Waals surface area (Å²) in [6.07, 6.45) is 3.40. The van der Waals surface area contributed by atoms with Crippen LogP contribution in [0.3, 0.4) is 0 Å². The minimum absolute atomic E-state index is 0.0516. The summed E-state index contributed by atoms with van der Waals surface area (Å²) in [7, 11) is 4.19. The fourth-order valence-electron chi connectivity index (χ4n) is 0.976. The molecule has 2 heteroatoms. The summed E-state index contributed by atoms with van der Waals surface area (Å²) in [5, 5.41) is 0. The molecular weight excluding hydrogens is 136 g/mol. The molecule has 0 radical (unpaired) electrons. The van der Waals surface area contributed by atoms with Crippen LogP contribution in [0.1, 0.15) is 33.1 Å². The first-order chi connectivity index (χ1) is 4.98. The lowest BCUT2D eigenvalue weighted by Crippen LogP contribution is -2.35. The Morgan fingerprint density at radius 2 is 1.91 bits per heavy atom. The molecule has 2 nitrogen and oxygen atoms in total. The van der Waals surface area contributed by atoms with Gasteiger partial charge in [0.2, 0.25) is 0 Å². The van der Waals surface area contributed by atoms with Gasteiger partial charge in [-0.25, -0.2) is 0 Å². The third-order valence-electron chi connectivity index (χ3n) is 2.16. The summed E-state index contributed by atoms with van der Waals surface area (Å²) >= 11 is 0. The Bertz CT molecular complexity index is 97.7. The normalized spacial score (nSPS) is 16.9. The second-order valence-corrected chi connectivity index (χ2v) is 3.91. The molecule has 0 aromatic heterocycles. The molecule has 11 heavy (non-hydrogen) atoms. The van der Waals surface area contributed by atoms with E-state index in [9.17, 15) is 0 Å². The van der Waals surface area contributed by atoms with Crippen LogP contribution in [0, 0.1) is 0 Å². The van der Waals surface area contributed by atoms with Gasteiger partial charge in [-0.05, 0) is 46.8 Å². The maximum absolute atomic E-state index is 5.98. The van der Waals surface area contributed by atoms with Crippen LogP contribution in [0.2, 0.25) is 0 Å². The van der Waals surface area contributed by atoms with E-state index in [2.05, 4.69) is 32.8 Å². The van der Waals surface area contributed by atoms with Crippen LogP contribution in [-0.4, -0.2) is 31.1 Å². The van der Waals surface area contributed by atoms with Crippen LogP contribution < -0.4 is 5.73 Å². The summed E-state index contributed by atoms with van der Waals surface area (Å²) in [6, 6.07) is 0. The van der Waals surface area contributed by atoms with Crippen molar-refractivity contribution in [2.24, 2.45) is 5.73 Å². The lowest BCUT2D eigenvalue weighted by molar-refractivity contribution is 0.343. The van der Waals surface area contributed by atoms with Crippen LogP contribution in [0.5, 0.6) is 0 Å². The third kappa shape index (κ3) is 6.32. The Balaban J connectivity index is 3.38. The Morgan fingerprint density at radius 1 is 1.36 bits per heavy atom. The number of nitrogens with two attached hydrogens (primary N) is 1. The van der Waals surface area contributed by atoms with Gasteiger partial charge in [0.15, 0.2) is 0 Å². The zero-order valence-electron chi connectivity index (χ0n) is 8.35. The summed E-state index contributed by atoms with van der Waals surface area (Å²) in [5.74, 6) is 0. The van der Waals surface area contributed by atoms with Crippen LogP contribution in [0.15, 0.2) is 0 Å². The summed E-state index contributed by atoms with van der Waals surface area (Å²) < 4.78 is 0. The van der Waals surface area contributed by atoms with Gasteiger partial charge in [0.05, 0.1) is 0 Å². The minimum atomic E-state index is 0.0516. The van der Waals surface area contributed by atoms with Crippen molar-refractivity contribution < 1.29 is 0 Å². The topological polar surface area (TPSA) is 29.3 Å². The van der Waals surface area contributed by atoms with Crippen molar-refractivity contribution in [3.05, 3.63) is 0 Å². The highest BCUT2D eigenvalue weighted by Crippen LogP contribution is 2.12. The molecule has 0 saturated carbocycles. The van der Waals surface area contributed by atoms with Crippen molar-refractivity contribution in [3.8, 4) is 0 Å². The molecule has 0 fully saturated rings. The SMILES string of the molecule is CCC(C)(N)CCCN(C)C. The molecule has 0 aliphatic heterocycles. The molecule has 2 N–H and O–H groups in total. The smallest absolute Gasteiger partial charge is 0.0123 e. The summed E-state index contributed by atoms with van der Waals surface area (Å²) in [6.45, 7) is 5.42. The first-order valence-electron chi connectivity index (χ1n) is 4.41. The van der Waals surface area contributed by atoms with Crippen molar-refractivity contribution in [2.75, 3.05) is 20.6 Å². The Hall–Kier alpha value is -0.0800. The number of hydrogen-bond donors (Lipinski definition) is 1. The van der Waals surface area contributed by atoms with Gasteiger partial charge in [0.1, 0.15) is 0 Å². The van der Waals surface area contributed by atoms with Crippen molar-refractivity contribution in [2.45, 2.75) is 38.6 Å². The standard InChI is InChI=1S/C9H22N2/c1-5-9(2,10)7-6-8-11(3)4/h5-8,10H2,1-4H3. The van der Waals surface area contributed by atoms with Crippen molar-refractivity contribution >= 4 is 0 Å².